The second kappa shape index (κ2) is 8.84. The largest absolute Gasteiger partial charge is 0.462 e. The van der Waals surface area contributed by atoms with Gasteiger partial charge in [-0.1, -0.05) is 0 Å². The zero-order chi connectivity index (χ0) is 15.7. The van der Waals surface area contributed by atoms with E-state index in [4.69, 9.17) is 0 Å². The van der Waals surface area contributed by atoms with Crippen molar-refractivity contribution in [3.63, 3.8) is 0 Å². The fraction of sp³-hybridized carbons (Fsp3) is 0.538. The molecule has 0 spiro atoms. The number of hydrogen-bond acceptors (Lipinski definition) is 7. The maximum atomic E-state index is 11.8. The van der Waals surface area contributed by atoms with Gasteiger partial charge in [-0.15, -0.1) is 0 Å². The Balaban J connectivity index is 5.86. The minimum Gasteiger partial charge on any atom is -0.462 e. The normalized spacial score (nSPS) is 9.40. The van der Waals surface area contributed by atoms with Gasteiger partial charge in [-0.25, -0.2) is 14.4 Å². The van der Waals surface area contributed by atoms with Crippen LogP contribution in [0.3, 0.4) is 0 Å². The van der Waals surface area contributed by atoms with Crippen molar-refractivity contribution >= 4 is 23.7 Å². The van der Waals surface area contributed by atoms with Crippen molar-refractivity contribution in [3.8, 4) is 0 Å². The van der Waals surface area contributed by atoms with E-state index < -0.39 is 34.8 Å². The van der Waals surface area contributed by atoms with Gasteiger partial charge in [0.1, 0.15) is 5.57 Å². The molecular weight excluding hydrogens is 268 g/mol. The van der Waals surface area contributed by atoms with Crippen molar-refractivity contribution in [1.82, 2.24) is 0 Å². The van der Waals surface area contributed by atoms with E-state index in [1.165, 1.54) is 20.8 Å². The lowest BCUT2D eigenvalue weighted by atomic mass is 10.0. The average Bonchev–Trinajstić information content (AvgIpc) is 2.35. The highest BCUT2D eigenvalue weighted by Crippen LogP contribution is 2.13. The molecule has 0 unspecified atom stereocenters. The summed E-state index contributed by atoms with van der Waals surface area (Å²) in [4.78, 5) is 46.8. The van der Waals surface area contributed by atoms with E-state index in [9.17, 15) is 19.2 Å². The van der Waals surface area contributed by atoms with Gasteiger partial charge in [0, 0.05) is 0 Å². The van der Waals surface area contributed by atoms with Crippen molar-refractivity contribution in [2.24, 2.45) is 0 Å². The van der Waals surface area contributed by atoms with Crippen LogP contribution in [0, 0.1) is 0 Å². The lowest BCUT2D eigenvalue weighted by Crippen LogP contribution is -2.26. The molecule has 0 aromatic rings. The second-order valence-electron chi connectivity index (χ2n) is 3.47. The van der Waals surface area contributed by atoms with Crippen LogP contribution in [0.2, 0.25) is 0 Å². The summed E-state index contributed by atoms with van der Waals surface area (Å²) in [6, 6.07) is 0. The Kier molecular flexibility index (Phi) is 7.88. The van der Waals surface area contributed by atoms with Gasteiger partial charge in [0.15, 0.2) is 11.4 Å². The summed E-state index contributed by atoms with van der Waals surface area (Å²) in [5, 5.41) is 0. The summed E-state index contributed by atoms with van der Waals surface area (Å²) < 4.78 is 14.0. The van der Waals surface area contributed by atoms with Crippen LogP contribution >= 0.6 is 0 Å². The molecular formula is C13H18O7. The molecule has 0 aliphatic carbocycles. The van der Waals surface area contributed by atoms with E-state index in [-0.39, 0.29) is 19.8 Å². The monoisotopic (exact) mass is 286 g/mol. The van der Waals surface area contributed by atoms with Gasteiger partial charge < -0.3 is 14.2 Å². The molecule has 7 heteroatoms. The number of carbonyl (C=O) groups is 4. The number of ether oxygens (including phenoxy) is 3. The zero-order valence-electron chi connectivity index (χ0n) is 12.0. The fourth-order valence-corrected chi connectivity index (χ4v) is 1.32. The molecule has 0 aliphatic rings. The van der Waals surface area contributed by atoms with Crippen molar-refractivity contribution < 1.29 is 33.4 Å². The number of ketones is 1. The molecule has 0 radical (unpaired) electrons. The van der Waals surface area contributed by atoms with E-state index in [1.807, 2.05) is 0 Å². The molecule has 112 valence electrons. The number of esters is 3. The molecule has 20 heavy (non-hydrogen) atoms. The first kappa shape index (κ1) is 17.8. The van der Waals surface area contributed by atoms with Crippen LogP contribution in [0.15, 0.2) is 11.1 Å². The molecule has 0 aliphatic heterocycles. The van der Waals surface area contributed by atoms with Crippen molar-refractivity contribution in [2.45, 2.75) is 27.7 Å². The van der Waals surface area contributed by atoms with Crippen LogP contribution < -0.4 is 0 Å². The van der Waals surface area contributed by atoms with Crippen LogP contribution in [-0.4, -0.2) is 43.5 Å². The molecule has 0 aromatic carbocycles. The van der Waals surface area contributed by atoms with Crippen LogP contribution in [0.5, 0.6) is 0 Å². The Morgan fingerprint density at radius 3 is 1.20 bits per heavy atom. The number of rotatable bonds is 7. The topological polar surface area (TPSA) is 96.0 Å². The minimum atomic E-state index is -1.09. The Hall–Kier alpha value is -2.18. The maximum Gasteiger partial charge on any atom is 0.346 e. The molecule has 0 saturated heterocycles. The SMILES string of the molecule is CCOC(=O)C(C(C)=O)=C(C(=O)OCC)C(=O)OCC. The molecule has 0 saturated carbocycles. The molecule has 0 fully saturated rings. The third kappa shape index (κ3) is 4.83. The first-order valence-electron chi connectivity index (χ1n) is 6.17. The van der Waals surface area contributed by atoms with Crippen LogP contribution in [-0.2, 0) is 33.4 Å². The Morgan fingerprint density at radius 1 is 0.650 bits per heavy atom. The van der Waals surface area contributed by atoms with Gasteiger partial charge in [0.2, 0.25) is 0 Å². The molecule has 0 bridgehead atoms. The van der Waals surface area contributed by atoms with Gasteiger partial charge >= 0.3 is 17.9 Å². The van der Waals surface area contributed by atoms with Gasteiger partial charge in [0.05, 0.1) is 19.8 Å². The molecule has 0 aromatic heterocycles. The summed E-state index contributed by atoms with van der Waals surface area (Å²) >= 11 is 0. The standard InChI is InChI=1S/C13H18O7/c1-5-18-11(15)9(8(4)14)10(12(16)19-6-2)13(17)20-7-3/h5-7H2,1-4H3. The zero-order valence-corrected chi connectivity index (χ0v) is 12.0. The molecule has 7 nitrogen and oxygen atoms in total. The summed E-state index contributed by atoms with van der Waals surface area (Å²) in [5.74, 6) is -4.02. The summed E-state index contributed by atoms with van der Waals surface area (Å²) in [6.07, 6.45) is 0. The smallest absolute Gasteiger partial charge is 0.346 e. The molecule has 0 heterocycles. The van der Waals surface area contributed by atoms with Gasteiger partial charge in [0.25, 0.3) is 0 Å². The van der Waals surface area contributed by atoms with E-state index in [0.717, 1.165) is 6.92 Å². The van der Waals surface area contributed by atoms with Crippen molar-refractivity contribution in [1.29, 1.82) is 0 Å². The van der Waals surface area contributed by atoms with E-state index >= 15 is 0 Å². The summed E-state index contributed by atoms with van der Waals surface area (Å²) in [5.41, 5.74) is -1.40. The number of Topliss-reactive ketones (excluding diaryl/α,β-unsaturated/α-hetero) is 1. The first-order chi connectivity index (χ1) is 9.40. The Labute approximate surface area is 116 Å². The minimum absolute atomic E-state index is 0.00541. The molecule has 0 rings (SSSR count). The fourth-order valence-electron chi connectivity index (χ4n) is 1.32. The average molecular weight is 286 g/mol. The molecule has 0 N–H and O–H groups in total. The van der Waals surface area contributed by atoms with E-state index in [1.54, 1.807) is 0 Å². The van der Waals surface area contributed by atoms with E-state index in [0.29, 0.717) is 0 Å². The number of carbonyl (C=O) groups excluding carboxylic acids is 4. The van der Waals surface area contributed by atoms with E-state index in [2.05, 4.69) is 14.2 Å². The lowest BCUT2D eigenvalue weighted by molar-refractivity contribution is -0.149. The highest BCUT2D eigenvalue weighted by atomic mass is 16.6. The van der Waals surface area contributed by atoms with Crippen molar-refractivity contribution in [2.75, 3.05) is 19.8 Å². The predicted molar refractivity (Wildman–Crippen MR) is 67.6 cm³/mol. The Morgan fingerprint density at radius 2 is 0.950 bits per heavy atom. The predicted octanol–water partition coefficient (Wildman–Crippen LogP) is 0.561. The van der Waals surface area contributed by atoms with Crippen LogP contribution in [0.1, 0.15) is 27.7 Å². The maximum absolute atomic E-state index is 11.8. The second-order valence-corrected chi connectivity index (χ2v) is 3.47. The first-order valence-corrected chi connectivity index (χ1v) is 6.17. The summed E-state index contributed by atoms with van der Waals surface area (Å²) in [6.45, 7) is 5.59. The highest BCUT2D eigenvalue weighted by Gasteiger charge is 2.32. The Bertz CT molecular complexity index is 414. The van der Waals surface area contributed by atoms with Gasteiger partial charge in [-0.2, -0.15) is 0 Å². The molecule has 0 amide bonds. The summed E-state index contributed by atoms with van der Waals surface area (Å²) in [7, 11) is 0. The van der Waals surface area contributed by atoms with Gasteiger partial charge in [-0.05, 0) is 27.7 Å². The third-order valence-corrected chi connectivity index (χ3v) is 2.04. The quantitative estimate of drug-likeness (QED) is 0.222. The highest BCUT2D eigenvalue weighted by molar-refractivity contribution is 6.29. The van der Waals surface area contributed by atoms with Crippen LogP contribution in [0.25, 0.3) is 0 Å². The van der Waals surface area contributed by atoms with Gasteiger partial charge in [-0.3, -0.25) is 4.79 Å². The third-order valence-electron chi connectivity index (χ3n) is 2.04. The number of hydrogen-bond donors (Lipinski definition) is 0. The molecule has 0 atom stereocenters. The lowest BCUT2D eigenvalue weighted by Gasteiger charge is -2.10. The van der Waals surface area contributed by atoms with Crippen LogP contribution in [0.4, 0.5) is 0 Å². The van der Waals surface area contributed by atoms with Crippen molar-refractivity contribution in [3.05, 3.63) is 11.1 Å².